The van der Waals surface area contributed by atoms with Crippen LogP contribution in [0.1, 0.15) is 129 Å². The number of imide groups is 1. The van der Waals surface area contributed by atoms with Crippen LogP contribution < -0.4 is 5.32 Å². The van der Waals surface area contributed by atoms with E-state index in [0.717, 1.165) is 23.5 Å². The van der Waals surface area contributed by atoms with Gasteiger partial charge in [-0.2, -0.15) is 17.8 Å². The van der Waals surface area contributed by atoms with Crippen LogP contribution in [0.15, 0.2) is 30.3 Å². The summed E-state index contributed by atoms with van der Waals surface area (Å²) in [6.45, 7) is 4.23. The Bertz CT molecular complexity index is 847. The Morgan fingerprint density at radius 2 is 1.18 bits per heavy atom. The third kappa shape index (κ3) is 26.4. The molecule has 0 aliphatic carbocycles. The normalized spacial score (nSPS) is 11.2. The van der Waals surface area contributed by atoms with E-state index < -0.39 is 10.4 Å². The van der Waals surface area contributed by atoms with E-state index in [9.17, 15) is 18.0 Å². The summed E-state index contributed by atoms with van der Waals surface area (Å²) >= 11 is 0. The van der Waals surface area contributed by atoms with Crippen molar-refractivity contribution in [2.45, 2.75) is 129 Å². The van der Waals surface area contributed by atoms with E-state index >= 15 is 0 Å². The number of benzene rings is 1. The second-order valence-corrected chi connectivity index (χ2v) is 11.7. The fraction of sp³-hybridized carbons (Fsp3) is 0.742. The van der Waals surface area contributed by atoms with Gasteiger partial charge in [-0.3, -0.25) is 14.9 Å². The number of rotatable bonds is 23. The van der Waals surface area contributed by atoms with Crippen molar-refractivity contribution in [1.29, 1.82) is 0 Å². The lowest BCUT2D eigenvalue weighted by atomic mass is 10.0. The summed E-state index contributed by atoms with van der Waals surface area (Å²) in [5.74, 6) is -0.345. The second kappa shape index (κ2) is 26.1. The van der Waals surface area contributed by atoms with Gasteiger partial charge in [0, 0.05) is 20.5 Å². The van der Waals surface area contributed by atoms with Crippen LogP contribution in [-0.2, 0) is 34.9 Å². The Labute approximate surface area is 244 Å². The number of nitrogens with one attached hydrogen (secondary N) is 1. The summed E-state index contributed by atoms with van der Waals surface area (Å²) in [4.78, 5) is 23.7. The van der Waals surface area contributed by atoms with Crippen LogP contribution in [0.4, 0.5) is 0 Å². The molecule has 0 aliphatic heterocycles. The predicted molar refractivity (Wildman–Crippen MR) is 163 cm³/mol. The Balaban J connectivity index is 0.00000116. The number of unbranched alkanes of at least 4 members (excludes halogenated alkanes) is 14. The van der Waals surface area contributed by atoms with Crippen molar-refractivity contribution < 1.29 is 26.5 Å². The van der Waals surface area contributed by atoms with E-state index in [0.29, 0.717) is 12.8 Å². The zero-order valence-electron chi connectivity index (χ0n) is 25.6. The highest BCUT2D eigenvalue weighted by Crippen LogP contribution is 2.13. The summed E-state index contributed by atoms with van der Waals surface area (Å²) in [6.07, 6.45) is 21.0. The number of hydrogen-bond acceptors (Lipinski definition) is 7. The van der Waals surface area contributed by atoms with Crippen LogP contribution in [0.25, 0.3) is 0 Å². The third-order valence-electron chi connectivity index (χ3n) is 6.17. The van der Waals surface area contributed by atoms with E-state index in [1.807, 2.05) is 37.3 Å². The minimum atomic E-state index is -3.82. The van der Waals surface area contributed by atoms with Gasteiger partial charge in [-0.15, -0.1) is 0 Å². The second-order valence-electron chi connectivity index (χ2n) is 10.5. The molecular weight excluding hydrogens is 528 g/mol. The number of nitrogens with zero attached hydrogens (tertiary/aromatic N) is 1. The number of carbonyl (C=O) groups is 2. The Morgan fingerprint density at radius 1 is 0.700 bits per heavy atom. The lowest BCUT2D eigenvalue weighted by Crippen LogP contribution is -2.31. The summed E-state index contributed by atoms with van der Waals surface area (Å²) in [5.41, 5.74) is 0.935. The first-order valence-electron chi connectivity index (χ1n) is 15.3. The van der Waals surface area contributed by atoms with Gasteiger partial charge in [0.05, 0.1) is 13.0 Å². The molecule has 0 fully saturated rings. The zero-order chi connectivity index (χ0) is 29.9. The maximum atomic E-state index is 11.9. The van der Waals surface area contributed by atoms with Crippen LogP contribution in [-0.4, -0.2) is 46.0 Å². The Morgan fingerprint density at radius 3 is 1.62 bits per heavy atom. The predicted octanol–water partition coefficient (Wildman–Crippen LogP) is 7.28. The van der Waals surface area contributed by atoms with E-state index in [4.69, 9.17) is 0 Å². The molecular formula is C31H56N2O6S. The van der Waals surface area contributed by atoms with Gasteiger partial charge in [0.15, 0.2) is 0 Å². The van der Waals surface area contributed by atoms with Crippen LogP contribution in [0, 0.1) is 0 Å². The zero-order valence-corrected chi connectivity index (χ0v) is 26.4. The van der Waals surface area contributed by atoms with Crippen molar-refractivity contribution in [3.8, 4) is 0 Å². The first-order chi connectivity index (χ1) is 19.2. The summed E-state index contributed by atoms with van der Waals surface area (Å²) in [7, 11) is -0.887. The molecule has 0 radical (unpaired) electrons. The van der Waals surface area contributed by atoms with E-state index in [1.165, 1.54) is 97.6 Å². The van der Waals surface area contributed by atoms with Gasteiger partial charge in [0.25, 0.3) is 0 Å². The van der Waals surface area contributed by atoms with Crippen LogP contribution >= 0.6 is 0 Å². The summed E-state index contributed by atoms with van der Waals surface area (Å²) < 4.78 is 30.1. The van der Waals surface area contributed by atoms with Crippen molar-refractivity contribution in [3.05, 3.63) is 35.9 Å². The fourth-order valence-corrected chi connectivity index (χ4v) is 4.87. The third-order valence-corrected chi connectivity index (χ3v) is 7.10. The van der Waals surface area contributed by atoms with E-state index in [2.05, 4.69) is 20.7 Å². The molecule has 0 spiro atoms. The molecule has 2 amide bonds. The van der Waals surface area contributed by atoms with Crippen molar-refractivity contribution in [3.63, 3.8) is 0 Å². The van der Waals surface area contributed by atoms with Crippen LogP contribution in [0.5, 0.6) is 0 Å². The monoisotopic (exact) mass is 584 g/mol. The molecule has 0 unspecified atom stereocenters. The van der Waals surface area contributed by atoms with Gasteiger partial charge in [-0.05, 0) is 18.4 Å². The van der Waals surface area contributed by atoms with Crippen molar-refractivity contribution in [2.75, 3.05) is 20.7 Å². The molecule has 0 aliphatic rings. The van der Waals surface area contributed by atoms with Crippen LogP contribution in [0.2, 0.25) is 0 Å². The smallest absolute Gasteiger partial charge is 0.296 e. The molecule has 232 valence electrons. The van der Waals surface area contributed by atoms with Gasteiger partial charge < -0.3 is 0 Å². The first kappa shape index (κ1) is 38.2. The van der Waals surface area contributed by atoms with Crippen molar-refractivity contribution in [2.24, 2.45) is 0 Å². The van der Waals surface area contributed by atoms with E-state index in [-0.39, 0.29) is 24.8 Å². The van der Waals surface area contributed by atoms with Gasteiger partial charge in [-0.1, -0.05) is 134 Å². The lowest BCUT2D eigenvalue weighted by molar-refractivity contribution is -0.130. The van der Waals surface area contributed by atoms with Crippen LogP contribution in [0.3, 0.4) is 0 Å². The van der Waals surface area contributed by atoms with Crippen molar-refractivity contribution >= 4 is 22.2 Å². The van der Waals surface area contributed by atoms with E-state index in [1.54, 1.807) is 0 Å². The maximum Gasteiger partial charge on any atom is 0.416 e. The van der Waals surface area contributed by atoms with Gasteiger partial charge in [-0.25, -0.2) is 4.18 Å². The summed E-state index contributed by atoms with van der Waals surface area (Å²) in [5, 5.41) is 3.56. The highest BCUT2D eigenvalue weighted by molar-refractivity contribution is 7.81. The molecule has 1 rings (SSSR count). The minimum absolute atomic E-state index is 0.138. The molecule has 1 aromatic carbocycles. The Hall–Kier alpha value is -1.81. The minimum Gasteiger partial charge on any atom is -0.296 e. The molecule has 0 saturated carbocycles. The molecule has 40 heavy (non-hydrogen) atoms. The Kier molecular flexibility index (Phi) is 24.9. The van der Waals surface area contributed by atoms with Crippen molar-refractivity contribution in [1.82, 2.24) is 10.4 Å². The highest BCUT2D eigenvalue weighted by Gasteiger charge is 2.12. The first-order valence-corrected chi connectivity index (χ1v) is 16.7. The average Bonchev–Trinajstić information content (AvgIpc) is 2.90. The quantitative estimate of drug-likeness (QED) is 0.106. The van der Waals surface area contributed by atoms with Gasteiger partial charge in [0.1, 0.15) is 0 Å². The number of hydrogen-bond donors (Lipinski definition) is 1. The number of hydroxylamine groups is 2. The highest BCUT2D eigenvalue weighted by atomic mass is 32.3. The molecule has 8 nitrogen and oxygen atoms in total. The molecule has 1 aromatic rings. The molecule has 0 aromatic heterocycles. The molecule has 0 saturated heterocycles. The molecule has 1 N–H and O–H groups in total. The molecule has 0 atom stereocenters. The largest absolute Gasteiger partial charge is 0.416 e. The number of amides is 2. The maximum absolute atomic E-state index is 11.9. The summed E-state index contributed by atoms with van der Waals surface area (Å²) in [6, 6.07) is 9.53. The number of carbonyl (C=O) groups excluding carboxylic acids is 2. The van der Waals surface area contributed by atoms with Gasteiger partial charge >= 0.3 is 10.4 Å². The lowest BCUT2D eigenvalue weighted by Gasteiger charge is -2.08. The topological polar surface area (TPSA) is 102 Å². The molecule has 0 bridgehead atoms. The SMILES string of the molecule is CCCCCCCCCCCCCCCCCC(=O)NC(=O)Cc1ccccc1.CCCOS(=O)(=O)ON(C)C. The molecule has 9 heteroatoms. The molecule has 0 heterocycles. The standard InChI is InChI=1S/C26H43NO2.C5H13NO4S/c1-2-3-4-5-6-7-8-9-10-11-12-13-14-15-19-22-25(28)27-26(29)23-24-20-17-16-18-21-24;1-4-5-9-11(7,8)10-6(2)3/h16-18,20-21H,2-15,19,22-23H2,1H3,(H,27,28,29);4-5H2,1-3H3. The van der Waals surface area contributed by atoms with Gasteiger partial charge in [0.2, 0.25) is 11.8 Å². The average molecular weight is 585 g/mol. The fourth-order valence-electron chi connectivity index (χ4n) is 4.09.